The second kappa shape index (κ2) is 7.98. The van der Waals surface area contributed by atoms with E-state index in [0.29, 0.717) is 16.9 Å². The number of para-hydroxylation sites is 1. The van der Waals surface area contributed by atoms with Gasteiger partial charge in [0.05, 0.1) is 10.7 Å². The zero-order valence-corrected chi connectivity index (χ0v) is 16.5. The molecule has 2 atom stereocenters. The Kier molecular flexibility index (Phi) is 5.45. The van der Waals surface area contributed by atoms with Crippen LogP contribution in [0.25, 0.3) is 5.69 Å². The summed E-state index contributed by atoms with van der Waals surface area (Å²) in [7, 11) is 0. The van der Waals surface area contributed by atoms with E-state index in [-0.39, 0.29) is 11.7 Å². The quantitative estimate of drug-likeness (QED) is 0.876. The van der Waals surface area contributed by atoms with Crippen molar-refractivity contribution >= 4 is 17.5 Å². The molecule has 7 heteroatoms. The molecule has 1 amide bonds. The minimum atomic E-state index is -0.0638. The first-order valence-electron chi connectivity index (χ1n) is 9.88. The molecule has 4 rings (SSSR count). The predicted octanol–water partition coefficient (Wildman–Crippen LogP) is 2.94. The number of nitrogens with one attached hydrogen (secondary N) is 1. The van der Waals surface area contributed by atoms with Gasteiger partial charge in [0.2, 0.25) is 5.82 Å². The van der Waals surface area contributed by atoms with E-state index in [1.807, 2.05) is 29.2 Å². The molecule has 2 aliphatic rings. The molecular weight excluding hydrogens is 362 g/mol. The highest BCUT2D eigenvalue weighted by molar-refractivity contribution is 6.32. The van der Waals surface area contributed by atoms with Gasteiger partial charge in [-0.05, 0) is 56.3 Å². The topological polar surface area (TPSA) is 63.1 Å². The van der Waals surface area contributed by atoms with Crippen molar-refractivity contribution in [2.75, 3.05) is 26.2 Å². The summed E-state index contributed by atoms with van der Waals surface area (Å²) < 4.78 is 1.73. The number of hydrogen-bond acceptors (Lipinski definition) is 4. The van der Waals surface area contributed by atoms with Crippen molar-refractivity contribution < 1.29 is 4.79 Å². The third-order valence-corrected chi connectivity index (χ3v) is 6.05. The molecule has 1 aromatic heterocycles. The van der Waals surface area contributed by atoms with Crippen LogP contribution in [0.1, 0.15) is 42.6 Å². The van der Waals surface area contributed by atoms with Gasteiger partial charge in [0.25, 0.3) is 5.91 Å². The molecule has 3 heterocycles. The minimum Gasteiger partial charge on any atom is -0.336 e. The van der Waals surface area contributed by atoms with Crippen molar-refractivity contribution in [2.45, 2.75) is 32.6 Å². The number of amides is 1. The minimum absolute atomic E-state index is 0.0638. The lowest BCUT2D eigenvalue weighted by Gasteiger charge is -2.19. The van der Waals surface area contributed by atoms with Crippen LogP contribution in [-0.4, -0.2) is 51.8 Å². The molecule has 2 aliphatic heterocycles. The Balaban J connectivity index is 1.59. The number of hydrogen-bond donors (Lipinski definition) is 1. The van der Waals surface area contributed by atoms with Crippen molar-refractivity contribution in [1.82, 2.24) is 25.0 Å². The largest absolute Gasteiger partial charge is 0.336 e. The van der Waals surface area contributed by atoms with E-state index in [2.05, 4.69) is 22.3 Å². The number of nitrogens with zero attached hydrogens (tertiary/aromatic N) is 4. The standard InChI is InChI=1S/C20H26ClN5O/c1-2-5-18-23-19(24-26(18)17-7-4-3-6-16(17)21)20(27)25-10-8-14-12-22-13-15(14)9-11-25/h3-4,6-7,14-15,22H,2,5,8-13H2,1H3/t14-,15+. The summed E-state index contributed by atoms with van der Waals surface area (Å²) >= 11 is 6.35. The normalized spacial score (nSPS) is 22.5. The number of carbonyl (C=O) groups is 1. The number of aryl methyl sites for hydroxylation is 1. The third kappa shape index (κ3) is 3.73. The Hall–Kier alpha value is -1.92. The molecule has 2 aromatic rings. The fourth-order valence-electron chi connectivity index (χ4n) is 4.20. The van der Waals surface area contributed by atoms with Gasteiger partial charge < -0.3 is 10.2 Å². The van der Waals surface area contributed by atoms with Gasteiger partial charge in [-0.1, -0.05) is 30.7 Å². The Bertz CT molecular complexity index is 806. The Labute approximate surface area is 164 Å². The molecule has 6 nitrogen and oxygen atoms in total. The summed E-state index contributed by atoms with van der Waals surface area (Å²) in [6, 6.07) is 7.54. The average Bonchev–Trinajstić information content (AvgIpc) is 3.24. The van der Waals surface area contributed by atoms with Gasteiger partial charge in [-0.15, -0.1) is 5.10 Å². The van der Waals surface area contributed by atoms with Gasteiger partial charge in [-0.2, -0.15) is 0 Å². The molecule has 0 radical (unpaired) electrons. The van der Waals surface area contributed by atoms with Crippen LogP contribution in [0.15, 0.2) is 24.3 Å². The fourth-order valence-corrected chi connectivity index (χ4v) is 4.42. The number of carbonyl (C=O) groups excluding carboxylic acids is 1. The smallest absolute Gasteiger partial charge is 0.293 e. The summed E-state index contributed by atoms with van der Waals surface area (Å²) in [5.41, 5.74) is 0.769. The van der Waals surface area contributed by atoms with E-state index in [4.69, 9.17) is 11.6 Å². The second-order valence-corrected chi connectivity index (χ2v) is 7.92. The molecule has 0 saturated carbocycles. The molecule has 0 bridgehead atoms. The monoisotopic (exact) mass is 387 g/mol. The number of benzene rings is 1. The summed E-state index contributed by atoms with van der Waals surface area (Å²) in [6.07, 6.45) is 3.78. The van der Waals surface area contributed by atoms with Crippen molar-refractivity contribution in [2.24, 2.45) is 11.8 Å². The van der Waals surface area contributed by atoms with Crippen molar-refractivity contribution in [3.05, 3.63) is 40.9 Å². The lowest BCUT2D eigenvalue weighted by Crippen LogP contribution is -2.33. The van der Waals surface area contributed by atoms with Crippen LogP contribution in [0.2, 0.25) is 5.02 Å². The molecule has 1 aromatic carbocycles. The Morgan fingerprint density at radius 3 is 2.59 bits per heavy atom. The van der Waals surface area contributed by atoms with Crippen molar-refractivity contribution in [1.29, 1.82) is 0 Å². The molecule has 2 fully saturated rings. The van der Waals surface area contributed by atoms with E-state index in [1.165, 1.54) is 0 Å². The van der Waals surface area contributed by atoms with Gasteiger partial charge in [-0.3, -0.25) is 4.79 Å². The summed E-state index contributed by atoms with van der Waals surface area (Å²) in [4.78, 5) is 19.6. The van der Waals surface area contributed by atoms with Crippen LogP contribution in [0.4, 0.5) is 0 Å². The Morgan fingerprint density at radius 2 is 1.93 bits per heavy atom. The van der Waals surface area contributed by atoms with E-state index in [0.717, 1.165) is 63.4 Å². The zero-order valence-electron chi connectivity index (χ0n) is 15.7. The fraction of sp³-hybridized carbons (Fsp3) is 0.550. The lowest BCUT2D eigenvalue weighted by molar-refractivity contribution is 0.0746. The van der Waals surface area contributed by atoms with E-state index >= 15 is 0 Å². The molecule has 144 valence electrons. The SMILES string of the molecule is CCCc1nc(C(=O)N2CC[C@@H]3CNC[C@@H]3CC2)nn1-c1ccccc1Cl. The maximum atomic E-state index is 13.1. The van der Waals surface area contributed by atoms with Crippen molar-refractivity contribution in [3.8, 4) is 5.69 Å². The van der Waals surface area contributed by atoms with Gasteiger partial charge in [0.15, 0.2) is 0 Å². The molecule has 2 saturated heterocycles. The Morgan fingerprint density at radius 1 is 1.22 bits per heavy atom. The first kappa shape index (κ1) is 18.4. The highest BCUT2D eigenvalue weighted by Gasteiger charge is 2.32. The van der Waals surface area contributed by atoms with Gasteiger partial charge in [0.1, 0.15) is 5.82 Å². The molecule has 0 aliphatic carbocycles. The van der Waals surface area contributed by atoms with Crippen LogP contribution in [0, 0.1) is 11.8 Å². The molecule has 0 spiro atoms. The number of aromatic nitrogens is 3. The number of fused-ring (bicyclic) bond motifs is 1. The first-order valence-corrected chi connectivity index (χ1v) is 10.3. The predicted molar refractivity (Wildman–Crippen MR) is 105 cm³/mol. The third-order valence-electron chi connectivity index (χ3n) is 5.73. The highest BCUT2D eigenvalue weighted by atomic mass is 35.5. The van der Waals surface area contributed by atoms with Gasteiger partial charge in [0, 0.05) is 19.5 Å². The van der Waals surface area contributed by atoms with Gasteiger partial charge >= 0.3 is 0 Å². The van der Waals surface area contributed by atoms with E-state index < -0.39 is 0 Å². The average molecular weight is 388 g/mol. The maximum Gasteiger partial charge on any atom is 0.293 e. The zero-order chi connectivity index (χ0) is 18.8. The van der Waals surface area contributed by atoms with E-state index in [9.17, 15) is 4.79 Å². The van der Waals surface area contributed by atoms with Crippen LogP contribution >= 0.6 is 11.6 Å². The van der Waals surface area contributed by atoms with Crippen molar-refractivity contribution in [3.63, 3.8) is 0 Å². The van der Waals surface area contributed by atoms with Crippen LogP contribution in [0.5, 0.6) is 0 Å². The summed E-state index contributed by atoms with van der Waals surface area (Å²) in [5, 5.41) is 8.63. The van der Waals surface area contributed by atoms with Crippen LogP contribution in [-0.2, 0) is 6.42 Å². The maximum absolute atomic E-state index is 13.1. The molecular formula is C20H26ClN5O. The molecule has 1 N–H and O–H groups in total. The second-order valence-electron chi connectivity index (χ2n) is 7.51. The number of likely N-dealkylation sites (tertiary alicyclic amines) is 1. The number of halogens is 1. The lowest BCUT2D eigenvalue weighted by atomic mass is 9.92. The van der Waals surface area contributed by atoms with E-state index in [1.54, 1.807) is 4.68 Å². The summed E-state index contributed by atoms with van der Waals surface area (Å²) in [6.45, 7) is 5.81. The van der Waals surface area contributed by atoms with Crippen LogP contribution in [0.3, 0.4) is 0 Å². The molecule has 27 heavy (non-hydrogen) atoms. The highest BCUT2D eigenvalue weighted by Crippen LogP contribution is 2.28. The molecule has 0 unspecified atom stereocenters. The number of rotatable bonds is 4. The van der Waals surface area contributed by atoms with Crippen LogP contribution < -0.4 is 5.32 Å². The first-order chi connectivity index (χ1) is 13.2. The van der Waals surface area contributed by atoms with Gasteiger partial charge in [-0.25, -0.2) is 9.67 Å². The summed E-state index contributed by atoms with van der Waals surface area (Å²) in [5.74, 6) is 2.37.